The van der Waals surface area contributed by atoms with E-state index in [1.165, 1.54) is 12.3 Å². The highest BCUT2D eigenvalue weighted by Crippen LogP contribution is 2.22. The van der Waals surface area contributed by atoms with E-state index >= 15 is 0 Å². The van der Waals surface area contributed by atoms with Gasteiger partial charge in [0.25, 0.3) is 0 Å². The third kappa shape index (κ3) is 2.65. The van der Waals surface area contributed by atoms with Crippen molar-refractivity contribution in [3.05, 3.63) is 65.7 Å². The molecule has 0 atom stereocenters. The highest BCUT2D eigenvalue weighted by molar-refractivity contribution is 6.07. The van der Waals surface area contributed by atoms with Gasteiger partial charge in [-0.25, -0.2) is 4.39 Å². The molecule has 0 spiro atoms. The molecule has 0 fully saturated rings. The highest BCUT2D eigenvalue weighted by atomic mass is 19.1. The fourth-order valence-electron chi connectivity index (χ4n) is 2.08. The minimum Gasteiger partial charge on any atom is -0.485 e. The van der Waals surface area contributed by atoms with E-state index in [2.05, 4.69) is 0 Å². The molecule has 0 radical (unpaired) electrons. The molecule has 1 aromatic heterocycles. The van der Waals surface area contributed by atoms with Crippen LogP contribution in [-0.4, -0.2) is 12.4 Å². The lowest BCUT2D eigenvalue weighted by molar-refractivity contribution is 0.0922. The van der Waals surface area contributed by atoms with Gasteiger partial charge in [-0.3, -0.25) is 4.79 Å². The van der Waals surface area contributed by atoms with Crippen molar-refractivity contribution in [2.45, 2.75) is 6.92 Å². The van der Waals surface area contributed by atoms with Gasteiger partial charge < -0.3 is 9.15 Å². The third-order valence-corrected chi connectivity index (χ3v) is 3.29. The van der Waals surface area contributed by atoms with E-state index in [0.29, 0.717) is 22.5 Å². The van der Waals surface area contributed by atoms with Crippen LogP contribution in [0.1, 0.15) is 15.9 Å². The van der Waals surface area contributed by atoms with Crippen LogP contribution in [0.15, 0.2) is 53.1 Å². The summed E-state index contributed by atoms with van der Waals surface area (Å²) < 4.78 is 24.1. The molecule has 0 bridgehead atoms. The van der Waals surface area contributed by atoms with Gasteiger partial charge in [0, 0.05) is 11.5 Å². The van der Waals surface area contributed by atoms with Gasteiger partial charge in [-0.05, 0) is 24.6 Å². The van der Waals surface area contributed by atoms with Gasteiger partial charge in [0.15, 0.2) is 6.61 Å². The summed E-state index contributed by atoms with van der Waals surface area (Å²) in [6.45, 7) is 1.51. The second-order valence-electron chi connectivity index (χ2n) is 4.77. The van der Waals surface area contributed by atoms with E-state index in [-0.39, 0.29) is 18.2 Å². The Kier molecular flexibility index (Phi) is 3.44. The zero-order valence-electron chi connectivity index (χ0n) is 11.4. The van der Waals surface area contributed by atoms with Crippen LogP contribution in [0.5, 0.6) is 5.75 Å². The Labute approximate surface area is 120 Å². The number of carbonyl (C=O) groups excluding carboxylic acids is 1. The number of Topliss-reactive ketones (excluding diaryl/α,β-unsaturated/α-hetero) is 1. The second-order valence-corrected chi connectivity index (χ2v) is 4.77. The summed E-state index contributed by atoms with van der Waals surface area (Å²) in [7, 11) is 0. The second kappa shape index (κ2) is 5.40. The van der Waals surface area contributed by atoms with E-state index < -0.39 is 0 Å². The number of benzene rings is 2. The Bertz CT molecular complexity index is 805. The fraction of sp³-hybridized carbons (Fsp3) is 0.118. The van der Waals surface area contributed by atoms with Crippen molar-refractivity contribution in [2.75, 3.05) is 6.61 Å². The van der Waals surface area contributed by atoms with Gasteiger partial charge in [-0.15, -0.1) is 0 Å². The maximum atomic E-state index is 13.4. The van der Waals surface area contributed by atoms with Crippen LogP contribution in [0.4, 0.5) is 4.39 Å². The van der Waals surface area contributed by atoms with Crippen molar-refractivity contribution in [3.8, 4) is 5.75 Å². The van der Waals surface area contributed by atoms with Crippen molar-refractivity contribution >= 4 is 16.8 Å². The first kappa shape index (κ1) is 13.4. The number of carbonyl (C=O) groups is 1. The molecule has 0 aliphatic carbocycles. The number of hydrogen-bond donors (Lipinski definition) is 0. The average molecular weight is 284 g/mol. The predicted molar refractivity (Wildman–Crippen MR) is 77.2 cm³/mol. The van der Waals surface area contributed by atoms with Crippen LogP contribution in [-0.2, 0) is 0 Å². The van der Waals surface area contributed by atoms with E-state index in [1.54, 1.807) is 25.1 Å². The SMILES string of the molecule is Cc1ccc(OCC(=O)c2coc3ccccc23)cc1F. The summed E-state index contributed by atoms with van der Waals surface area (Å²) in [6.07, 6.45) is 1.42. The number of fused-ring (bicyclic) bond motifs is 1. The highest BCUT2D eigenvalue weighted by Gasteiger charge is 2.14. The maximum Gasteiger partial charge on any atom is 0.204 e. The number of ether oxygens (including phenoxy) is 1. The summed E-state index contributed by atoms with van der Waals surface area (Å²) in [6, 6.07) is 11.8. The van der Waals surface area contributed by atoms with Gasteiger partial charge in [0.05, 0.1) is 5.56 Å². The van der Waals surface area contributed by atoms with Crippen molar-refractivity contribution in [2.24, 2.45) is 0 Å². The van der Waals surface area contributed by atoms with Gasteiger partial charge in [-0.2, -0.15) is 0 Å². The molecule has 2 aromatic carbocycles. The van der Waals surface area contributed by atoms with Crippen molar-refractivity contribution in [1.29, 1.82) is 0 Å². The Morgan fingerprint density at radius 3 is 2.86 bits per heavy atom. The number of hydrogen-bond acceptors (Lipinski definition) is 3. The third-order valence-electron chi connectivity index (χ3n) is 3.29. The standard InChI is InChI=1S/C17H13FO3/c1-11-6-7-12(8-15(11)18)20-10-16(19)14-9-21-17-5-3-2-4-13(14)17/h2-9H,10H2,1H3. The predicted octanol–water partition coefficient (Wildman–Crippen LogP) is 4.14. The summed E-state index contributed by atoms with van der Waals surface area (Å²) >= 11 is 0. The number of rotatable bonds is 4. The minimum atomic E-state index is -0.353. The lowest BCUT2D eigenvalue weighted by Crippen LogP contribution is -2.11. The van der Waals surface area contributed by atoms with E-state index in [4.69, 9.17) is 9.15 Å². The monoisotopic (exact) mass is 284 g/mol. The lowest BCUT2D eigenvalue weighted by Gasteiger charge is -2.06. The van der Waals surface area contributed by atoms with Crippen LogP contribution in [0.2, 0.25) is 0 Å². The van der Waals surface area contributed by atoms with Gasteiger partial charge in [-0.1, -0.05) is 24.3 Å². The largest absolute Gasteiger partial charge is 0.485 e. The first-order valence-electron chi connectivity index (χ1n) is 6.53. The zero-order valence-corrected chi connectivity index (χ0v) is 11.4. The summed E-state index contributed by atoms with van der Waals surface area (Å²) in [5.41, 5.74) is 1.66. The van der Waals surface area contributed by atoms with Crippen molar-refractivity contribution in [3.63, 3.8) is 0 Å². The molecular weight excluding hydrogens is 271 g/mol. The Morgan fingerprint density at radius 1 is 1.24 bits per heavy atom. The summed E-state index contributed by atoms with van der Waals surface area (Å²) in [4.78, 5) is 12.2. The molecular formula is C17H13FO3. The summed E-state index contributed by atoms with van der Waals surface area (Å²) in [5.74, 6) is -0.228. The van der Waals surface area contributed by atoms with Gasteiger partial charge >= 0.3 is 0 Å². The molecule has 0 unspecified atom stereocenters. The molecule has 0 aliphatic heterocycles. The first-order chi connectivity index (χ1) is 10.1. The number of ketones is 1. The smallest absolute Gasteiger partial charge is 0.204 e. The molecule has 3 nitrogen and oxygen atoms in total. The number of furan rings is 1. The van der Waals surface area contributed by atoms with Gasteiger partial charge in [0.2, 0.25) is 5.78 Å². The van der Waals surface area contributed by atoms with Crippen molar-refractivity contribution in [1.82, 2.24) is 0 Å². The Hall–Kier alpha value is -2.62. The molecule has 3 aromatic rings. The van der Waals surface area contributed by atoms with E-state index in [9.17, 15) is 9.18 Å². The Morgan fingerprint density at radius 2 is 2.05 bits per heavy atom. The molecule has 0 aliphatic rings. The molecule has 0 amide bonds. The average Bonchev–Trinajstić information content (AvgIpc) is 2.92. The molecule has 1 heterocycles. The maximum absolute atomic E-state index is 13.4. The topological polar surface area (TPSA) is 39.4 Å². The molecule has 4 heteroatoms. The van der Waals surface area contributed by atoms with Crippen LogP contribution in [0.25, 0.3) is 11.0 Å². The normalized spacial score (nSPS) is 10.8. The molecule has 21 heavy (non-hydrogen) atoms. The van der Waals surface area contributed by atoms with Gasteiger partial charge in [0.1, 0.15) is 23.4 Å². The van der Waals surface area contributed by atoms with Crippen LogP contribution >= 0.6 is 0 Å². The van der Waals surface area contributed by atoms with Crippen molar-refractivity contribution < 1.29 is 18.3 Å². The van der Waals surface area contributed by atoms with E-state index in [1.807, 2.05) is 18.2 Å². The van der Waals surface area contributed by atoms with Crippen LogP contribution in [0, 0.1) is 12.7 Å². The quantitative estimate of drug-likeness (QED) is 0.676. The lowest BCUT2D eigenvalue weighted by atomic mass is 10.1. The summed E-state index contributed by atoms with van der Waals surface area (Å²) in [5, 5.41) is 0.751. The van der Waals surface area contributed by atoms with Crippen LogP contribution in [0.3, 0.4) is 0 Å². The minimum absolute atomic E-state index is 0.161. The van der Waals surface area contributed by atoms with Crippen LogP contribution < -0.4 is 4.74 Å². The molecule has 0 saturated carbocycles. The molecule has 3 rings (SSSR count). The number of aryl methyl sites for hydroxylation is 1. The molecule has 106 valence electrons. The van der Waals surface area contributed by atoms with E-state index in [0.717, 1.165) is 5.39 Å². The molecule has 0 saturated heterocycles. The number of halogens is 1. The fourth-order valence-corrected chi connectivity index (χ4v) is 2.08. The Balaban J connectivity index is 1.76. The molecule has 0 N–H and O–H groups in total. The first-order valence-corrected chi connectivity index (χ1v) is 6.53. The number of para-hydroxylation sites is 1. The zero-order chi connectivity index (χ0) is 14.8.